The van der Waals surface area contributed by atoms with Crippen LogP contribution in [-0.2, 0) is 0 Å². The summed E-state index contributed by atoms with van der Waals surface area (Å²) in [6, 6.07) is 14.0. The van der Waals surface area contributed by atoms with Gasteiger partial charge >= 0.3 is 0 Å². The van der Waals surface area contributed by atoms with E-state index in [1.165, 1.54) is 34.8 Å². The zero-order valence-electron chi connectivity index (χ0n) is 14.4. The molecule has 6 nitrogen and oxygen atoms in total. The highest BCUT2D eigenvalue weighted by molar-refractivity contribution is 7.23. The summed E-state index contributed by atoms with van der Waals surface area (Å²) in [6.45, 7) is 0. The number of nitrogen functional groups attached to an aromatic ring is 2. The second-order valence-electron chi connectivity index (χ2n) is 6.38. The second kappa shape index (κ2) is 6.08. The summed E-state index contributed by atoms with van der Waals surface area (Å²) in [5.74, 6) is 0.222. The van der Waals surface area contributed by atoms with Crippen molar-refractivity contribution in [2.45, 2.75) is 0 Å². The van der Waals surface area contributed by atoms with Gasteiger partial charge in [0, 0.05) is 23.5 Å². The highest BCUT2D eigenvalue weighted by Gasteiger charge is 2.15. The minimum Gasteiger partial charge on any atom is -0.507 e. The van der Waals surface area contributed by atoms with Gasteiger partial charge in [0.1, 0.15) is 21.5 Å². The molecule has 0 aliphatic rings. The van der Waals surface area contributed by atoms with Gasteiger partial charge in [-0.3, -0.25) is 0 Å². The van der Waals surface area contributed by atoms with E-state index in [0.717, 1.165) is 30.4 Å². The zero-order chi connectivity index (χ0) is 19.4. The van der Waals surface area contributed by atoms with E-state index in [2.05, 4.69) is 9.97 Å². The van der Waals surface area contributed by atoms with Crippen LogP contribution >= 0.6 is 22.7 Å². The topological polar surface area (TPSA) is 118 Å². The molecule has 0 saturated heterocycles. The van der Waals surface area contributed by atoms with Gasteiger partial charge in [-0.05, 0) is 36.4 Å². The van der Waals surface area contributed by atoms with E-state index < -0.39 is 0 Å². The maximum absolute atomic E-state index is 10.2. The van der Waals surface area contributed by atoms with Gasteiger partial charge in [-0.1, -0.05) is 0 Å². The third-order valence-electron chi connectivity index (χ3n) is 4.40. The second-order valence-corrected chi connectivity index (χ2v) is 8.44. The van der Waals surface area contributed by atoms with Crippen molar-refractivity contribution in [2.24, 2.45) is 0 Å². The Morgan fingerprint density at radius 1 is 0.643 bits per heavy atom. The smallest absolute Gasteiger partial charge is 0.128 e. The lowest BCUT2D eigenvalue weighted by atomic mass is 10.2. The monoisotopic (exact) mass is 406 g/mol. The molecule has 0 atom stereocenters. The van der Waals surface area contributed by atoms with E-state index >= 15 is 0 Å². The Kier molecular flexibility index (Phi) is 3.65. The van der Waals surface area contributed by atoms with Crippen LogP contribution in [0.4, 0.5) is 11.4 Å². The van der Waals surface area contributed by atoms with Crippen LogP contribution < -0.4 is 11.5 Å². The Morgan fingerprint density at radius 3 is 1.46 bits per heavy atom. The summed E-state index contributed by atoms with van der Waals surface area (Å²) in [5.41, 5.74) is 15.4. The van der Waals surface area contributed by atoms with Gasteiger partial charge in [0.05, 0.1) is 31.6 Å². The number of aromatic nitrogens is 2. The largest absolute Gasteiger partial charge is 0.507 e. The number of rotatable bonds is 2. The van der Waals surface area contributed by atoms with Crippen LogP contribution in [0, 0.1) is 0 Å². The number of thiazole rings is 2. The summed E-state index contributed by atoms with van der Waals surface area (Å²) in [6.07, 6.45) is 0. The van der Waals surface area contributed by atoms with E-state index in [4.69, 9.17) is 11.5 Å². The molecule has 3 aromatic carbocycles. The van der Waals surface area contributed by atoms with Gasteiger partial charge in [-0.25, -0.2) is 9.97 Å². The number of nitrogens with two attached hydrogens (primary N) is 2. The molecule has 6 N–H and O–H groups in total. The Hall–Kier alpha value is -3.36. The summed E-state index contributed by atoms with van der Waals surface area (Å²) >= 11 is 2.96. The molecular formula is C20H14N4O2S2. The predicted molar refractivity (Wildman–Crippen MR) is 116 cm³/mol. The molecule has 0 bridgehead atoms. The highest BCUT2D eigenvalue weighted by atomic mass is 32.1. The van der Waals surface area contributed by atoms with Crippen LogP contribution in [0.5, 0.6) is 11.5 Å². The maximum Gasteiger partial charge on any atom is 0.128 e. The SMILES string of the molecule is Nc1ccc(-c2nc3cc4sc(-c5ccc(N)cc5O)nc4cc3s2)c(O)c1. The average molecular weight is 406 g/mol. The predicted octanol–water partition coefficient (Wildman–Crippen LogP) is 4.82. The molecule has 8 heteroatoms. The molecule has 0 saturated carbocycles. The molecule has 138 valence electrons. The number of hydrogen-bond donors (Lipinski definition) is 4. The van der Waals surface area contributed by atoms with Crippen molar-refractivity contribution < 1.29 is 10.2 Å². The van der Waals surface area contributed by atoms with Gasteiger partial charge in [0.25, 0.3) is 0 Å². The molecule has 0 aliphatic heterocycles. The molecule has 0 unspecified atom stereocenters. The van der Waals surface area contributed by atoms with Crippen molar-refractivity contribution >= 4 is 54.5 Å². The lowest BCUT2D eigenvalue weighted by molar-refractivity contribution is 0.477. The Balaban J connectivity index is 1.62. The molecule has 0 aliphatic carbocycles. The third kappa shape index (κ3) is 2.70. The van der Waals surface area contributed by atoms with Crippen LogP contribution in [-0.4, -0.2) is 20.2 Å². The van der Waals surface area contributed by atoms with E-state index in [0.29, 0.717) is 22.5 Å². The minimum atomic E-state index is 0.111. The number of phenols is 2. The van der Waals surface area contributed by atoms with E-state index in [-0.39, 0.29) is 11.5 Å². The molecule has 0 amide bonds. The minimum absolute atomic E-state index is 0.111. The Morgan fingerprint density at radius 2 is 1.07 bits per heavy atom. The van der Waals surface area contributed by atoms with Gasteiger partial charge in [0.15, 0.2) is 0 Å². The molecule has 28 heavy (non-hydrogen) atoms. The van der Waals surface area contributed by atoms with E-state index in [1.807, 2.05) is 12.1 Å². The van der Waals surface area contributed by atoms with Crippen molar-refractivity contribution in [3.63, 3.8) is 0 Å². The van der Waals surface area contributed by atoms with Crippen LogP contribution in [0.25, 0.3) is 41.6 Å². The molecule has 0 radical (unpaired) electrons. The molecule has 5 aromatic rings. The summed E-state index contributed by atoms with van der Waals surface area (Å²) in [5, 5.41) is 21.8. The van der Waals surface area contributed by atoms with E-state index in [9.17, 15) is 10.2 Å². The van der Waals surface area contributed by atoms with Gasteiger partial charge in [-0.2, -0.15) is 0 Å². The molecule has 5 rings (SSSR count). The maximum atomic E-state index is 10.2. The normalized spacial score (nSPS) is 11.4. The Bertz CT molecular complexity index is 1220. The first-order chi connectivity index (χ1) is 13.5. The quantitative estimate of drug-likeness (QED) is 0.312. The number of fused-ring (bicyclic) bond motifs is 2. The fraction of sp³-hybridized carbons (Fsp3) is 0. The number of phenolic OH excluding ortho intramolecular Hbond substituents is 2. The summed E-state index contributed by atoms with van der Waals surface area (Å²) in [4.78, 5) is 9.33. The van der Waals surface area contributed by atoms with Crippen molar-refractivity contribution in [1.29, 1.82) is 0 Å². The highest BCUT2D eigenvalue weighted by Crippen LogP contribution is 2.40. The number of hydrogen-bond acceptors (Lipinski definition) is 8. The van der Waals surface area contributed by atoms with E-state index in [1.54, 1.807) is 24.3 Å². The van der Waals surface area contributed by atoms with Gasteiger partial charge in [-0.15, -0.1) is 22.7 Å². The summed E-state index contributed by atoms with van der Waals surface area (Å²) < 4.78 is 1.94. The van der Waals surface area contributed by atoms with Crippen molar-refractivity contribution in [1.82, 2.24) is 9.97 Å². The number of nitrogens with zero attached hydrogens (tertiary/aromatic N) is 2. The first-order valence-electron chi connectivity index (χ1n) is 8.37. The number of anilines is 2. The van der Waals surface area contributed by atoms with Gasteiger partial charge in [0.2, 0.25) is 0 Å². The zero-order valence-corrected chi connectivity index (χ0v) is 16.0. The molecule has 0 spiro atoms. The molecule has 0 fully saturated rings. The fourth-order valence-electron chi connectivity index (χ4n) is 3.04. The van der Waals surface area contributed by atoms with Gasteiger partial charge < -0.3 is 21.7 Å². The van der Waals surface area contributed by atoms with Crippen molar-refractivity contribution in [2.75, 3.05) is 11.5 Å². The molecule has 2 heterocycles. The molecule has 2 aromatic heterocycles. The van der Waals surface area contributed by atoms with Crippen molar-refractivity contribution in [3.8, 4) is 32.6 Å². The van der Waals surface area contributed by atoms with Crippen LogP contribution in [0.1, 0.15) is 0 Å². The standard InChI is InChI=1S/C20H14N4O2S2/c21-9-1-3-11(15(25)5-9)19-23-13-7-18-14(8-17(13)27-19)24-20(28-18)12-4-2-10(22)6-16(12)26/h1-8,25-26H,21-22H2. The lowest BCUT2D eigenvalue weighted by Gasteiger charge is -2.01. The number of aromatic hydroxyl groups is 2. The Labute approximate surface area is 167 Å². The number of benzene rings is 3. The first-order valence-corrected chi connectivity index (χ1v) is 10.00. The lowest BCUT2D eigenvalue weighted by Crippen LogP contribution is -1.85. The first kappa shape index (κ1) is 16.8. The third-order valence-corrected chi connectivity index (χ3v) is 6.51. The molecular weight excluding hydrogens is 392 g/mol. The van der Waals surface area contributed by atoms with Crippen LogP contribution in [0.15, 0.2) is 48.5 Å². The van der Waals surface area contributed by atoms with Crippen LogP contribution in [0.3, 0.4) is 0 Å². The summed E-state index contributed by atoms with van der Waals surface area (Å²) in [7, 11) is 0. The average Bonchev–Trinajstić information content (AvgIpc) is 3.22. The van der Waals surface area contributed by atoms with Crippen molar-refractivity contribution in [3.05, 3.63) is 48.5 Å². The van der Waals surface area contributed by atoms with Crippen LogP contribution in [0.2, 0.25) is 0 Å². The fourth-order valence-corrected chi connectivity index (χ4v) is 5.07.